The average Bonchev–Trinajstić information content (AvgIpc) is 2.60. The van der Waals surface area contributed by atoms with Gasteiger partial charge in [-0.3, -0.25) is 4.79 Å². The third-order valence-electron chi connectivity index (χ3n) is 3.58. The summed E-state index contributed by atoms with van der Waals surface area (Å²) in [5.74, 6) is 1.66. The second-order valence-corrected chi connectivity index (χ2v) is 6.87. The summed E-state index contributed by atoms with van der Waals surface area (Å²) in [4.78, 5) is 13.3. The number of thioether (sulfide) groups is 1. The zero-order chi connectivity index (χ0) is 17.2. The zero-order valence-electron chi connectivity index (χ0n) is 14.3. The fourth-order valence-electron chi connectivity index (χ4n) is 2.35. The van der Waals surface area contributed by atoms with Crippen LogP contribution in [0.1, 0.15) is 37.0 Å². The molecule has 0 aliphatic heterocycles. The van der Waals surface area contributed by atoms with Gasteiger partial charge in [0.15, 0.2) is 0 Å². The Kier molecular flexibility index (Phi) is 7.69. The van der Waals surface area contributed by atoms with Crippen LogP contribution in [0.4, 0.5) is 0 Å². The van der Waals surface area contributed by atoms with Crippen LogP contribution < -0.4 is 10.1 Å². The highest BCUT2D eigenvalue weighted by Gasteiger charge is 2.09. The minimum atomic E-state index is -0.0258. The van der Waals surface area contributed by atoms with Crippen molar-refractivity contribution in [2.75, 3.05) is 12.4 Å². The lowest BCUT2D eigenvalue weighted by Gasteiger charge is -2.13. The quantitative estimate of drug-likeness (QED) is 0.526. The van der Waals surface area contributed by atoms with Crippen LogP contribution in [0.2, 0.25) is 0 Å². The minimum Gasteiger partial charge on any atom is -0.493 e. The maximum absolute atomic E-state index is 12.1. The van der Waals surface area contributed by atoms with Gasteiger partial charge in [-0.1, -0.05) is 31.5 Å². The van der Waals surface area contributed by atoms with Crippen molar-refractivity contribution in [3.63, 3.8) is 0 Å². The van der Waals surface area contributed by atoms with Crippen molar-refractivity contribution < 1.29 is 9.53 Å². The molecule has 0 aliphatic rings. The molecule has 24 heavy (non-hydrogen) atoms. The van der Waals surface area contributed by atoms with E-state index in [4.69, 9.17) is 4.74 Å². The molecule has 1 atom stereocenters. The van der Waals surface area contributed by atoms with E-state index in [0.29, 0.717) is 12.2 Å². The van der Waals surface area contributed by atoms with Crippen molar-refractivity contribution >= 4 is 17.7 Å². The molecule has 128 valence electrons. The first-order valence-corrected chi connectivity index (χ1v) is 9.39. The first-order chi connectivity index (χ1) is 11.7. The van der Waals surface area contributed by atoms with Crippen LogP contribution in [0.25, 0.3) is 0 Å². The van der Waals surface area contributed by atoms with E-state index in [1.165, 1.54) is 4.90 Å². The van der Waals surface area contributed by atoms with Gasteiger partial charge in [0.2, 0.25) is 0 Å². The number of nitrogens with one attached hydrogen (secondary N) is 1. The Balaban J connectivity index is 1.74. The number of carbonyl (C=O) groups excluding carboxylic acids is 1. The van der Waals surface area contributed by atoms with E-state index in [9.17, 15) is 4.79 Å². The zero-order valence-corrected chi connectivity index (χ0v) is 15.1. The topological polar surface area (TPSA) is 38.3 Å². The summed E-state index contributed by atoms with van der Waals surface area (Å²) in [6, 6.07) is 17.8. The Labute approximate surface area is 148 Å². The fourth-order valence-corrected chi connectivity index (χ4v) is 3.10. The lowest BCUT2D eigenvalue weighted by atomic mass is 10.1. The van der Waals surface area contributed by atoms with E-state index < -0.39 is 0 Å². The van der Waals surface area contributed by atoms with Crippen molar-refractivity contribution in [2.24, 2.45) is 0 Å². The van der Waals surface area contributed by atoms with E-state index in [-0.39, 0.29) is 11.9 Å². The third-order valence-corrected chi connectivity index (χ3v) is 4.56. The van der Waals surface area contributed by atoms with Gasteiger partial charge < -0.3 is 10.1 Å². The summed E-state index contributed by atoms with van der Waals surface area (Å²) in [6.07, 6.45) is 2.06. The standard InChI is InChI=1S/C20H25NO2S/c1-3-7-16(2)21-20(22)17-10-12-18(13-11-17)23-14-15-24-19-8-5-4-6-9-19/h4-6,8-13,16H,3,7,14-15H2,1-2H3,(H,21,22). The Bertz CT molecular complexity index is 613. The SMILES string of the molecule is CCCC(C)NC(=O)c1ccc(OCCSc2ccccc2)cc1. The maximum atomic E-state index is 12.1. The molecule has 2 aromatic carbocycles. The van der Waals surface area contributed by atoms with Gasteiger partial charge >= 0.3 is 0 Å². The molecule has 0 spiro atoms. The molecule has 0 aromatic heterocycles. The number of ether oxygens (including phenoxy) is 1. The molecule has 1 N–H and O–H groups in total. The van der Waals surface area contributed by atoms with Gasteiger partial charge in [0.25, 0.3) is 5.91 Å². The van der Waals surface area contributed by atoms with E-state index >= 15 is 0 Å². The maximum Gasteiger partial charge on any atom is 0.251 e. The number of rotatable bonds is 9. The molecule has 0 radical (unpaired) electrons. The molecule has 0 heterocycles. The normalized spacial score (nSPS) is 11.8. The van der Waals surface area contributed by atoms with Crippen LogP contribution in [0, 0.1) is 0 Å². The molecule has 3 nitrogen and oxygen atoms in total. The van der Waals surface area contributed by atoms with Crippen LogP contribution in [0.15, 0.2) is 59.5 Å². The summed E-state index contributed by atoms with van der Waals surface area (Å²) in [7, 11) is 0. The van der Waals surface area contributed by atoms with Crippen LogP contribution in [0.5, 0.6) is 5.75 Å². The Morgan fingerprint density at radius 1 is 1.12 bits per heavy atom. The molecular formula is C20H25NO2S. The fraction of sp³-hybridized carbons (Fsp3) is 0.350. The molecule has 0 aliphatic carbocycles. The first kappa shape index (κ1) is 18.4. The molecule has 0 saturated heterocycles. The molecule has 0 fully saturated rings. The predicted octanol–water partition coefficient (Wildman–Crippen LogP) is 4.78. The number of carbonyl (C=O) groups is 1. The molecular weight excluding hydrogens is 318 g/mol. The summed E-state index contributed by atoms with van der Waals surface area (Å²) in [5, 5.41) is 3.00. The van der Waals surface area contributed by atoms with Gasteiger partial charge in [0.1, 0.15) is 5.75 Å². The number of amides is 1. The van der Waals surface area contributed by atoms with Crippen molar-refractivity contribution in [3.8, 4) is 5.75 Å². The number of benzene rings is 2. The van der Waals surface area contributed by atoms with Gasteiger partial charge in [0.05, 0.1) is 6.61 Å². The summed E-state index contributed by atoms with van der Waals surface area (Å²) in [5.41, 5.74) is 0.670. The van der Waals surface area contributed by atoms with Crippen molar-refractivity contribution in [2.45, 2.75) is 37.6 Å². The highest BCUT2D eigenvalue weighted by atomic mass is 32.2. The Morgan fingerprint density at radius 2 is 1.83 bits per heavy atom. The Morgan fingerprint density at radius 3 is 2.50 bits per heavy atom. The third kappa shape index (κ3) is 6.28. The Hall–Kier alpha value is -1.94. The van der Waals surface area contributed by atoms with Crippen molar-refractivity contribution in [3.05, 3.63) is 60.2 Å². The van der Waals surface area contributed by atoms with Gasteiger partial charge in [0, 0.05) is 22.3 Å². The molecule has 0 saturated carbocycles. The first-order valence-electron chi connectivity index (χ1n) is 8.40. The molecule has 1 unspecified atom stereocenters. The highest BCUT2D eigenvalue weighted by molar-refractivity contribution is 7.99. The van der Waals surface area contributed by atoms with E-state index in [2.05, 4.69) is 24.4 Å². The summed E-state index contributed by atoms with van der Waals surface area (Å²) in [6.45, 7) is 4.78. The van der Waals surface area contributed by atoms with E-state index in [1.807, 2.05) is 49.4 Å². The highest BCUT2D eigenvalue weighted by Crippen LogP contribution is 2.18. The second-order valence-electron chi connectivity index (χ2n) is 5.70. The van der Waals surface area contributed by atoms with Gasteiger partial charge in [-0.2, -0.15) is 0 Å². The van der Waals surface area contributed by atoms with Crippen molar-refractivity contribution in [1.29, 1.82) is 0 Å². The van der Waals surface area contributed by atoms with Crippen LogP contribution in [-0.4, -0.2) is 24.3 Å². The molecule has 0 bridgehead atoms. The smallest absolute Gasteiger partial charge is 0.251 e. The van der Waals surface area contributed by atoms with E-state index in [1.54, 1.807) is 11.8 Å². The van der Waals surface area contributed by atoms with Gasteiger partial charge in [-0.05, 0) is 49.7 Å². The molecule has 1 amide bonds. The van der Waals surface area contributed by atoms with Crippen LogP contribution in [0.3, 0.4) is 0 Å². The predicted molar refractivity (Wildman–Crippen MR) is 101 cm³/mol. The minimum absolute atomic E-state index is 0.0258. The van der Waals surface area contributed by atoms with Crippen molar-refractivity contribution in [1.82, 2.24) is 5.32 Å². The lowest BCUT2D eigenvalue weighted by Crippen LogP contribution is -2.32. The molecule has 4 heteroatoms. The molecule has 2 rings (SSSR count). The number of hydrogen-bond acceptors (Lipinski definition) is 3. The number of hydrogen-bond donors (Lipinski definition) is 1. The van der Waals surface area contributed by atoms with Gasteiger partial charge in [-0.15, -0.1) is 11.8 Å². The summed E-state index contributed by atoms with van der Waals surface area (Å²) >= 11 is 1.77. The average molecular weight is 343 g/mol. The van der Waals surface area contributed by atoms with Crippen LogP contribution in [-0.2, 0) is 0 Å². The summed E-state index contributed by atoms with van der Waals surface area (Å²) < 4.78 is 5.73. The van der Waals surface area contributed by atoms with Gasteiger partial charge in [-0.25, -0.2) is 0 Å². The van der Waals surface area contributed by atoms with Crippen LogP contribution >= 0.6 is 11.8 Å². The molecule has 2 aromatic rings. The largest absolute Gasteiger partial charge is 0.493 e. The second kappa shape index (κ2) is 10.0. The van der Waals surface area contributed by atoms with E-state index in [0.717, 1.165) is 24.3 Å². The monoisotopic (exact) mass is 343 g/mol. The lowest BCUT2D eigenvalue weighted by molar-refractivity contribution is 0.0938.